The molecule has 2 rings (SSSR count). The predicted octanol–water partition coefficient (Wildman–Crippen LogP) is 3.91. The highest BCUT2D eigenvalue weighted by molar-refractivity contribution is 5.84. The number of benzene rings is 2. The highest BCUT2D eigenvalue weighted by Crippen LogP contribution is 2.27. The minimum atomic E-state index is -1.04. The van der Waals surface area contributed by atoms with Crippen LogP contribution in [-0.2, 0) is 4.79 Å². The van der Waals surface area contributed by atoms with E-state index < -0.39 is 5.97 Å². The zero-order valence-corrected chi connectivity index (χ0v) is 12.0. The molecule has 2 aromatic rings. The Hall–Kier alpha value is -2.88. The van der Waals surface area contributed by atoms with Gasteiger partial charge in [-0.25, -0.2) is 9.18 Å². The fourth-order valence-corrected chi connectivity index (χ4v) is 2.03. The Labute approximate surface area is 128 Å². The lowest BCUT2D eigenvalue weighted by atomic mass is 9.97. The second-order valence-electron chi connectivity index (χ2n) is 4.52. The molecule has 0 saturated heterocycles. The standard InChI is InChI=1S/C18H15FO3/c1-22-16-8-3-6-14(12-16)17(9-4-10-18(20)21)13-5-2-7-15(19)11-13/h2-12H,1H3,(H,20,21)/b10-4+,17-9-. The number of carbonyl (C=O) groups is 1. The number of methoxy groups -OCH3 is 1. The van der Waals surface area contributed by atoms with E-state index in [1.165, 1.54) is 18.2 Å². The molecule has 0 aromatic heterocycles. The summed E-state index contributed by atoms with van der Waals surface area (Å²) in [5, 5.41) is 8.70. The smallest absolute Gasteiger partial charge is 0.328 e. The first-order chi connectivity index (χ1) is 10.6. The van der Waals surface area contributed by atoms with Gasteiger partial charge in [-0.2, -0.15) is 0 Å². The normalized spacial score (nSPS) is 11.6. The van der Waals surface area contributed by atoms with Crippen molar-refractivity contribution in [1.82, 2.24) is 0 Å². The third-order valence-electron chi connectivity index (χ3n) is 3.02. The molecule has 0 radical (unpaired) electrons. The van der Waals surface area contributed by atoms with E-state index in [1.54, 1.807) is 31.4 Å². The number of carboxylic acid groups (broad SMARTS) is 1. The molecule has 0 saturated carbocycles. The van der Waals surface area contributed by atoms with Gasteiger partial charge in [-0.05, 0) is 41.0 Å². The molecule has 0 unspecified atom stereocenters. The average Bonchev–Trinajstić information content (AvgIpc) is 2.51. The SMILES string of the molecule is COc1cccc(/C(=C\C=C\C(=O)O)c2cccc(F)c2)c1. The summed E-state index contributed by atoms with van der Waals surface area (Å²) in [6.45, 7) is 0. The first kappa shape index (κ1) is 15.5. The van der Waals surface area contributed by atoms with Crippen LogP contribution in [0.2, 0.25) is 0 Å². The van der Waals surface area contributed by atoms with E-state index in [-0.39, 0.29) is 5.82 Å². The minimum absolute atomic E-state index is 0.353. The largest absolute Gasteiger partial charge is 0.497 e. The fourth-order valence-electron chi connectivity index (χ4n) is 2.03. The van der Waals surface area contributed by atoms with Gasteiger partial charge in [0.05, 0.1) is 7.11 Å². The molecule has 0 atom stereocenters. The van der Waals surface area contributed by atoms with Crippen molar-refractivity contribution in [3.8, 4) is 5.75 Å². The molecule has 1 N–H and O–H groups in total. The Morgan fingerprint density at radius 2 is 1.82 bits per heavy atom. The van der Waals surface area contributed by atoms with Crippen LogP contribution >= 0.6 is 0 Å². The van der Waals surface area contributed by atoms with Crippen molar-refractivity contribution in [2.75, 3.05) is 7.11 Å². The molecule has 2 aromatic carbocycles. The molecule has 0 aliphatic heterocycles. The fraction of sp³-hybridized carbons (Fsp3) is 0.0556. The van der Waals surface area contributed by atoms with Crippen LogP contribution < -0.4 is 4.74 Å². The lowest BCUT2D eigenvalue weighted by molar-refractivity contribution is -0.131. The summed E-state index contributed by atoms with van der Waals surface area (Å²) >= 11 is 0. The number of halogens is 1. The van der Waals surface area contributed by atoms with Crippen LogP contribution in [0.4, 0.5) is 4.39 Å². The number of ether oxygens (including phenoxy) is 1. The molecular formula is C18H15FO3. The maximum Gasteiger partial charge on any atom is 0.328 e. The molecule has 0 aliphatic carbocycles. The van der Waals surface area contributed by atoms with Gasteiger partial charge in [0, 0.05) is 6.08 Å². The minimum Gasteiger partial charge on any atom is -0.497 e. The Balaban J connectivity index is 2.51. The van der Waals surface area contributed by atoms with E-state index in [0.717, 1.165) is 11.6 Å². The topological polar surface area (TPSA) is 46.5 Å². The number of hydrogen-bond donors (Lipinski definition) is 1. The van der Waals surface area contributed by atoms with E-state index >= 15 is 0 Å². The van der Waals surface area contributed by atoms with Crippen LogP contribution in [0, 0.1) is 5.82 Å². The van der Waals surface area contributed by atoms with Gasteiger partial charge >= 0.3 is 5.97 Å². The van der Waals surface area contributed by atoms with Crippen LogP contribution in [-0.4, -0.2) is 18.2 Å². The second-order valence-corrected chi connectivity index (χ2v) is 4.52. The zero-order valence-electron chi connectivity index (χ0n) is 12.0. The van der Waals surface area contributed by atoms with Crippen LogP contribution in [0.15, 0.2) is 66.8 Å². The first-order valence-electron chi connectivity index (χ1n) is 6.62. The van der Waals surface area contributed by atoms with Crippen LogP contribution in [0.1, 0.15) is 11.1 Å². The lowest BCUT2D eigenvalue weighted by Crippen LogP contribution is -1.91. The van der Waals surface area contributed by atoms with Crippen LogP contribution in [0.25, 0.3) is 5.57 Å². The Morgan fingerprint density at radius 1 is 1.14 bits per heavy atom. The van der Waals surface area contributed by atoms with Crippen molar-refractivity contribution in [1.29, 1.82) is 0 Å². The van der Waals surface area contributed by atoms with Gasteiger partial charge in [-0.15, -0.1) is 0 Å². The molecule has 0 bridgehead atoms. The van der Waals surface area contributed by atoms with E-state index in [9.17, 15) is 9.18 Å². The van der Waals surface area contributed by atoms with E-state index in [2.05, 4.69) is 0 Å². The Kier molecular flexibility index (Phi) is 5.09. The first-order valence-corrected chi connectivity index (χ1v) is 6.62. The number of aliphatic carboxylic acids is 1. The van der Waals surface area contributed by atoms with Gasteiger partial charge in [0.1, 0.15) is 11.6 Å². The van der Waals surface area contributed by atoms with Gasteiger partial charge in [0.25, 0.3) is 0 Å². The number of hydrogen-bond acceptors (Lipinski definition) is 2. The molecule has 22 heavy (non-hydrogen) atoms. The van der Waals surface area contributed by atoms with Crippen molar-refractivity contribution in [3.05, 3.63) is 83.7 Å². The van der Waals surface area contributed by atoms with Crippen molar-refractivity contribution in [3.63, 3.8) is 0 Å². The summed E-state index contributed by atoms with van der Waals surface area (Å²) in [5.41, 5.74) is 2.17. The number of rotatable bonds is 5. The third-order valence-corrected chi connectivity index (χ3v) is 3.02. The maximum atomic E-state index is 13.5. The van der Waals surface area contributed by atoms with Gasteiger partial charge < -0.3 is 9.84 Å². The van der Waals surface area contributed by atoms with Crippen molar-refractivity contribution in [2.24, 2.45) is 0 Å². The quantitative estimate of drug-likeness (QED) is 0.672. The van der Waals surface area contributed by atoms with Gasteiger partial charge in [0.2, 0.25) is 0 Å². The monoisotopic (exact) mass is 298 g/mol. The lowest BCUT2D eigenvalue weighted by Gasteiger charge is -2.09. The molecule has 112 valence electrons. The van der Waals surface area contributed by atoms with Crippen LogP contribution in [0.5, 0.6) is 5.75 Å². The third kappa shape index (κ3) is 4.06. The van der Waals surface area contributed by atoms with Crippen molar-refractivity contribution < 1.29 is 19.0 Å². The number of carboxylic acids is 1. The molecule has 0 heterocycles. The summed E-state index contributed by atoms with van der Waals surface area (Å²) in [7, 11) is 1.56. The summed E-state index contributed by atoms with van der Waals surface area (Å²) in [6, 6.07) is 13.4. The molecular weight excluding hydrogens is 283 g/mol. The number of allylic oxidation sites excluding steroid dienone is 2. The predicted molar refractivity (Wildman–Crippen MR) is 83.2 cm³/mol. The zero-order chi connectivity index (χ0) is 15.9. The van der Waals surface area contributed by atoms with Crippen molar-refractivity contribution >= 4 is 11.5 Å². The highest BCUT2D eigenvalue weighted by Gasteiger charge is 2.06. The summed E-state index contributed by atoms with van der Waals surface area (Å²) in [6.07, 6.45) is 4.08. The van der Waals surface area contributed by atoms with Crippen molar-refractivity contribution in [2.45, 2.75) is 0 Å². The molecule has 4 heteroatoms. The second kappa shape index (κ2) is 7.22. The highest BCUT2D eigenvalue weighted by atomic mass is 19.1. The molecule has 0 amide bonds. The average molecular weight is 298 g/mol. The maximum absolute atomic E-state index is 13.5. The molecule has 0 aliphatic rings. The van der Waals surface area contributed by atoms with E-state index in [1.807, 2.05) is 18.2 Å². The molecule has 3 nitrogen and oxygen atoms in total. The molecule has 0 spiro atoms. The summed E-state index contributed by atoms with van der Waals surface area (Å²) in [5.74, 6) is -0.726. The Morgan fingerprint density at radius 3 is 2.45 bits per heavy atom. The Bertz CT molecular complexity index is 733. The molecule has 0 fully saturated rings. The van der Waals surface area contributed by atoms with Gasteiger partial charge in [0.15, 0.2) is 0 Å². The van der Waals surface area contributed by atoms with Gasteiger partial charge in [-0.1, -0.05) is 36.4 Å². The van der Waals surface area contributed by atoms with Crippen LogP contribution in [0.3, 0.4) is 0 Å². The van der Waals surface area contributed by atoms with E-state index in [0.29, 0.717) is 16.9 Å². The van der Waals surface area contributed by atoms with E-state index in [4.69, 9.17) is 9.84 Å². The summed E-state index contributed by atoms with van der Waals surface area (Å²) in [4.78, 5) is 10.6. The summed E-state index contributed by atoms with van der Waals surface area (Å²) < 4.78 is 18.7. The van der Waals surface area contributed by atoms with Gasteiger partial charge in [-0.3, -0.25) is 0 Å².